The lowest BCUT2D eigenvalue weighted by Crippen LogP contribution is -2.58. The van der Waals surface area contributed by atoms with E-state index in [1.54, 1.807) is 43.3 Å². The van der Waals surface area contributed by atoms with Crippen molar-refractivity contribution in [2.45, 2.75) is 42.9 Å². The first kappa shape index (κ1) is 28.0. The Morgan fingerprint density at radius 1 is 1.26 bits per heavy atom. The molecule has 38 heavy (non-hydrogen) atoms. The second kappa shape index (κ2) is 11.0. The number of fused-ring (bicyclic) bond motifs is 1. The van der Waals surface area contributed by atoms with Crippen LogP contribution in [0.1, 0.15) is 30.9 Å². The normalized spacial score (nSPS) is 19.1. The van der Waals surface area contributed by atoms with Crippen LogP contribution in [0.2, 0.25) is 5.02 Å². The van der Waals surface area contributed by atoms with E-state index in [0.29, 0.717) is 0 Å². The monoisotopic (exact) mass is 571 g/mol. The summed E-state index contributed by atoms with van der Waals surface area (Å²) in [5.41, 5.74) is -1.02. The van der Waals surface area contributed by atoms with E-state index in [1.807, 2.05) is 0 Å². The maximum absolute atomic E-state index is 14.1. The zero-order chi connectivity index (χ0) is 27.8. The number of aliphatic hydroxyl groups is 1. The van der Waals surface area contributed by atoms with E-state index in [1.165, 1.54) is 4.90 Å². The molecule has 0 bridgehead atoms. The zero-order valence-electron chi connectivity index (χ0n) is 20.4. The van der Waals surface area contributed by atoms with E-state index in [2.05, 4.69) is 15.0 Å². The molecule has 4 rings (SSSR count). The van der Waals surface area contributed by atoms with Crippen molar-refractivity contribution in [3.8, 4) is 0 Å². The van der Waals surface area contributed by atoms with Crippen molar-refractivity contribution in [3.63, 3.8) is 0 Å². The van der Waals surface area contributed by atoms with Gasteiger partial charge in [-0.3, -0.25) is 9.88 Å². The maximum Gasteiger partial charge on any atom is 0.417 e. The Kier molecular flexibility index (Phi) is 8.09. The highest BCUT2D eigenvalue weighted by Gasteiger charge is 2.38. The van der Waals surface area contributed by atoms with Gasteiger partial charge >= 0.3 is 18.0 Å². The number of H-pyrrole nitrogens is 1. The molecule has 0 saturated carbocycles. The summed E-state index contributed by atoms with van der Waals surface area (Å²) in [7, 11) is 0. The first-order valence-electron chi connectivity index (χ1n) is 11.7. The smallest absolute Gasteiger partial charge is 0.417 e. The van der Waals surface area contributed by atoms with Crippen LogP contribution in [0.25, 0.3) is 10.9 Å². The largest absolute Gasteiger partial charge is 0.465 e. The Labute approximate surface area is 224 Å². The van der Waals surface area contributed by atoms with Gasteiger partial charge < -0.3 is 20.1 Å². The molecule has 3 N–H and O–H groups in total. The van der Waals surface area contributed by atoms with Gasteiger partial charge in [-0.1, -0.05) is 11.6 Å². The number of nitrogens with zero attached hydrogens (tertiary/aromatic N) is 4. The Balaban J connectivity index is 1.83. The molecular formula is C24H25ClF3N5O4S. The van der Waals surface area contributed by atoms with Crippen LogP contribution >= 0.6 is 23.4 Å². The van der Waals surface area contributed by atoms with Crippen LogP contribution in [0.4, 0.5) is 23.8 Å². The molecule has 3 aromatic rings. The number of rotatable bonds is 6. The van der Waals surface area contributed by atoms with Gasteiger partial charge in [-0.25, -0.2) is 9.59 Å². The molecule has 1 amide bonds. The maximum atomic E-state index is 14.1. The molecule has 3 heterocycles. The summed E-state index contributed by atoms with van der Waals surface area (Å²) in [5.74, 6) is -0.242. The highest BCUT2D eigenvalue weighted by Crippen LogP contribution is 2.45. The van der Waals surface area contributed by atoms with E-state index in [-0.39, 0.29) is 47.1 Å². The van der Waals surface area contributed by atoms with Gasteiger partial charge in [0.15, 0.2) is 0 Å². The fourth-order valence-corrected chi connectivity index (χ4v) is 6.38. The lowest BCUT2D eigenvalue weighted by molar-refractivity contribution is -0.137. The van der Waals surface area contributed by atoms with E-state index in [0.717, 1.165) is 23.4 Å². The number of nitrogens with one attached hydrogen (secondary N) is 1. The summed E-state index contributed by atoms with van der Waals surface area (Å²) in [6.45, 7) is 3.35. The SMILES string of the molecule is C[C@@H]1CN(c2nc(=O)[nH]c3c(SCC(CO)c4ccncc4)c(Cl)c(C(F)(F)F)cc23)C[C@H](C)N1C(=O)O. The number of pyridine rings is 1. The Morgan fingerprint density at radius 2 is 1.89 bits per heavy atom. The number of hydrogen-bond donors (Lipinski definition) is 3. The number of halogens is 4. The van der Waals surface area contributed by atoms with Gasteiger partial charge in [0, 0.05) is 42.5 Å². The van der Waals surface area contributed by atoms with Crippen molar-refractivity contribution < 1.29 is 28.2 Å². The Morgan fingerprint density at radius 3 is 2.45 bits per heavy atom. The molecule has 3 atom stereocenters. The summed E-state index contributed by atoms with van der Waals surface area (Å²) in [4.78, 5) is 37.7. The van der Waals surface area contributed by atoms with E-state index >= 15 is 0 Å². The lowest BCUT2D eigenvalue weighted by atomic mass is 10.0. The van der Waals surface area contributed by atoms with Gasteiger partial charge in [0.05, 0.1) is 39.7 Å². The molecule has 1 aliphatic heterocycles. The minimum absolute atomic E-state index is 0.00927. The van der Waals surface area contributed by atoms with Gasteiger partial charge in [-0.05, 0) is 37.6 Å². The first-order valence-corrected chi connectivity index (χ1v) is 13.0. The molecule has 14 heteroatoms. The fraction of sp³-hybridized carbons (Fsp3) is 0.417. The zero-order valence-corrected chi connectivity index (χ0v) is 21.9. The van der Waals surface area contributed by atoms with Crippen LogP contribution in [-0.2, 0) is 6.18 Å². The fourth-order valence-electron chi connectivity index (χ4n) is 4.76. The summed E-state index contributed by atoms with van der Waals surface area (Å²) >= 11 is 7.28. The molecular weight excluding hydrogens is 547 g/mol. The number of aliphatic hydroxyl groups excluding tert-OH is 1. The molecule has 9 nitrogen and oxygen atoms in total. The van der Waals surface area contributed by atoms with E-state index < -0.39 is 46.5 Å². The number of hydrogen-bond acceptors (Lipinski definition) is 7. The predicted molar refractivity (Wildman–Crippen MR) is 138 cm³/mol. The van der Waals surface area contributed by atoms with Crippen LogP contribution < -0.4 is 10.6 Å². The second-order valence-electron chi connectivity index (χ2n) is 9.12. The summed E-state index contributed by atoms with van der Waals surface area (Å²) in [6.07, 6.45) is -2.79. The number of aromatic amines is 1. The highest BCUT2D eigenvalue weighted by molar-refractivity contribution is 7.99. The van der Waals surface area contributed by atoms with Crippen molar-refractivity contribution in [3.05, 3.63) is 57.2 Å². The summed E-state index contributed by atoms with van der Waals surface area (Å²) in [5, 5.41) is 18.9. The van der Waals surface area contributed by atoms with Crippen molar-refractivity contribution in [2.24, 2.45) is 0 Å². The first-order chi connectivity index (χ1) is 17.9. The van der Waals surface area contributed by atoms with Crippen LogP contribution in [0, 0.1) is 0 Å². The minimum atomic E-state index is -4.79. The highest BCUT2D eigenvalue weighted by atomic mass is 35.5. The van der Waals surface area contributed by atoms with E-state index in [4.69, 9.17) is 11.6 Å². The number of thioether (sulfide) groups is 1. The third-order valence-corrected chi connectivity index (χ3v) is 8.24. The number of carboxylic acid groups (broad SMARTS) is 1. The number of alkyl halides is 3. The van der Waals surface area contributed by atoms with Gasteiger partial charge in [-0.2, -0.15) is 18.2 Å². The predicted octanol–water partition coefficient (Wildman–Crippen LogP) is 4.44. The molecule has 1 saturated heterocycles. The molecule has 1 aromatic carbocycles. The van der Waals surface area contributed by atoms with Crippen molar-refractivity contribution in [1.82, 2.24) is 19.9 Å². The average molecular weight is 572 g/mol. The molecule has 1 unspecified atom stereocenters. The molecule has 2 aromatic heterocycles. The van der Waals surface area contributed by atoms with Gasteiger partial charge in [0.1, 0.15) is 5.82 Å². The molecule has 204 valence electrons. The average Bonchev–Trinajstić information content (AvgIpc) is 2.84. The molecule has 1 aliphatic rings. The van der Waals surface area contributed by atoms with Gasteiger partial charge in [-0.15, -0.1) is 11.8 Å². The summed E-state index contributed by atoms with van der Waals surface area (Å²) in [6, 6.07) is 3.28. The second-order valence-corrected chi connectivity index (χ2v) is 10.5. The third-order valence-electron chi connectivity index (χ3n) is 6.47. The molecule has 0 aliphatic carbocycles. The van der Waals surface area contributed by atoms with Crippen LogP contribution in [0.15, 0.2) is 40.3 Å². The number of amides is 1. The van der Waals surface area contributed by atoms with Crippen LogP contribution in [0.5, 0.6) is 0 Å². The standard InChI is InChI=1S/C24H25ClF3N5O4S/c1-12-8-32(9-13(2)33(12)23(36)37)21-16-7-17(24(26,27)28)18(25)20(19(16)30-22(35)31-21)38-11-15(10-34)14-3-5-29-6-4-14/h3-7,12-13,15,34H,8-11H2,1-2H3,(H,36,37)(H,30,31,35)/t12-,13+,15?. The quantitative estimate of drug-likeness (QED) is 0.371. The minimum Gasteiger partial charge on any atom is -0.465 e. The molecule has 1 fully saturated rings. The summed E-state index contributed by atoms with van der Waals surface area (Å²) < 4.78 is 42.3. The molecule has 0 spiro atoms. The lowest BCUT2D eigenvalue weighted by Gasteiger charge is -2.43. The number of carbonyl (C=O) groups is 1. The number of benzene rings is 1. The third kappa shape index (κ3) is 5.54. The van der Waals surface area contributed by atoms with Gasteiger partial charge in [0.25, 0.3) is 0 Å². The number of piperazine rings is 1. The number of anilines is 1. The Hall–Kier alpha value is -3.03. The van der Waals surface area contributed by atoms with Crippen LogP contribution in [-0.4, -0.2) is 73.7 Å². The Bertz CT molecular complexity index is 1380. The van der Waals surface area contributed by atoms with Gasteiger partial charge in [0.2, 0.25) is 0 Å². The van der Waals surface area contributed by atoms with E-state index in [9.17, 15) is 33.0 Å². The van der Waals surface area contributed by atoms with Crippen molar-refractivity contribution in [1.29, 1.82) is 0 Å². The van der Waals surface area contributed by atoms with Crippen molar-refractivity contribution in [2.75, 3.05) is 30.3 Å². The topological polar surface area (TPSA) is 123 Å². The number of aromatic nitrogens is 3. The molecule has 0 radical (unpaired) electrons. The van der Waals surface area contributed by atoms with Crippen LogP contribution in [0.3, 0.4) is 0 Å². The van der Waals surface area contributed by atoms with Crippen molar-refractivity contribution >= 4 is 46.2 Å².